The first-order valence-corrected chi connectivity index (χ1v) is 8.92. The largest absolute Gasteiger partial charge is 0.338 e. The van der Waals surface area contributed by atoms with Gasteiger partial charge in [0.1, 0.15) is 0 Å². The first kappa shape index (κ1) is 18.6. The Bertz CT molecular complexity index is 878. The zero-order valence-electron chi connectivity index (χ0n) is 15.5. The van der Waals surface area contributed by atoms with Crippen LogP contribution in [0.2, 0.25) is 0 Å². The van der Waals surface area contributed by atoms with E-state index in [1.807, 2.05) is 31.2 Å². The van der Waals surface area contributed by atoms with Crippen molar-refractivity contribution in [3.05, 3.63) is 59.7 Å². The lowest BCUT2D eigenvalue weighted by molar-refractivity contribution is -0.128. The number of aryl methyl sites for hydroxylation is 1. The van der Waals surface area contributed by atoms with Crippen LogP contribution < -0.4 is 10.6 Å². The minimum absolute atomic E-state index is 0.0105. The summed E-state index contributed by atoms with van der Waals surface area (Å²) in [7, 11) is 0. The van der Waals surface area contributed by atoms with Gasteiger partial charge in [0, 0.05) is 37.8 Å². The molecule has 3 amide bonds. The maximum absolute atomic E-state index is 12.6. The average Bonchev–Trinajstić information content (AvgIpc) is 2.95. The first-order chi connectivity index (χ1) is 12.9. The minimum Gasteiger partial charge on any atom is -0.338 e. The van der Waals surface area contributed by atoms with E-state index in [1.165, 1.54) is 6.92 Å². The zero-order chi connectivity index (χ0) is 19.4. The number of hydrogen-bond acceptors (Lipinski definition) is 3. The number of benzene rings is 2. The molecule has 140 valence electrons. The highest BCUT2D eigenvalue weighted by Gasteiger charge is 2.34. The van der Waals surface area contributed by atoms with Crippen molar-refractivity contribution in [3.8, 4) is 0 Å². The molecule has 2 aromatic carbocycles. The maximum Gasteiger partial charge on any atom is 0.229 e. The lowest BCUT2D eigenvalue weighted by Gasteiger charge is -2.17. The SMILES string of the molecule is CC(=O)Nc1cccc(NC(=O)C2CC(=O)N(Cc3cccc(C)c3)C2)c1. The molecule has 1 aliphatic heterocycles. The molecule has 0 saturated carbocycles. The van der Waals surface area contributed by atoms with Crippen molar-refractivity contribution in [2.75, 3.05) is 17.2 Å². The van der Waals surface area contributed by atoms with Crippen molar-refractivity contribution in [2.45, 2.75) is 26.8 Å². The summed E-state index contributed by atoms with van der Waals surface area (Å²) in [6, 6.07) is 15.0. The van der Waals surface area contributed by atoms with Crippen LogP contribution in [0.4, 0.5) is 11.4 Å². The molecule has 1 fully saturated rings. The van der Waals surface area contributed by atoms with Gasteiger partial charge < -0.3 is 15.5 Å². The number of likely N-dealkylation sites (tertiary alicyclic amines) is 1. The van der Waals surface area contributed by atoms with Gasteiger partial charge in [0.05, 0.1) is 5.92 Å². The Morgan fingerprint density at radius 3 is 2.48 bits per heavy atom. The standard InChI is InChI=1S/C21H23N3O3/c1-14-5-3-6-16(9-14)12-24-13-17(10-20(24)26)21(27)23-19-8-4-7-18(11-19)22-15(2)25/h3-9,11,17H,10,12-13H2,1-2H3,(H,22,25)(H,23,27). The Morgan fingerprint density at radius 2 is 1.78 bits per heavy atom. The molecule has 0 radical (unpaired) electrons. The third-order valence-electron chi connectivity index (χ3n) is 4.49. The van der Waals surface area contributed by atoms with Gasteiger partial charge in [-0.2, -0.15) is 0 Å². The van der Waals surface area contributed by atoms with E-state index >= 15 is 0 Å². The van der Waals surface area contributed by atoms with Crippen LogP contribution in [0, 0.1) is 12.8 Å². The molecular formula is C21H23N3O3. The van der Waals surface area contributed by atoms with Crippen LogP contribution in [0.25, 0.3) is 0 Å². The number of nitrogens with one attached hydrogen (secondary N) is 2. The zero-order valence-corrected chi connectivity index (χ0v) is 15.5. The second-order valence-electron chi connectivity index (χ2n) is 6.92. The number of rotatable bonds is 5. The number of amides is 3. The van der Waals surface area contributed by atoms with Gasteiger partial charge in [-0.3, -0.25) is 14.4 Å². The van der Waals surface area contributed by atoms with E-state index in [2.05, 4.69) is 10.6 Å². The molecule has 2 aromatic rings. The van der Waals surface area contributed by atoms with Crippen molar-refractivity contribution in [3.63, 3.8) is 0 Å². The maximum atomic E-state index is 12.6. The third kappa shape index (κ3) is 4.94. The second kappa shape index (κ2) is 8.03. The quantitative estimate of drug-likeness (QED) is 0.855. The Kier molecular flexibility index (Phi) is 5.54. The molecule has 0 spiro atoms. The fourth-order valence-electron chi connectivity index (χ4n) is 3.25. The van der Waals surface area contributed by atoms with E-state index < -0.39 is 0 Å². The Labute approximate surface area is 158 Å². The van der Waals surface area contributed by atoms with Gasteiger partial charge in [0.15, 0.2) is 0 Å². The van der Waals surface area contributed by atoms with Gasteiger partial charge in [-0.15, -0.1) is 0 Å². The van der Waals surface area contributed by atoms with Crippen molar-refractivity contribution in [1.29, 1.82) is 0 Å². The van der Waals surface area contributed by atoms with Crippen LogP contribution in [0.1, 0.15) is 24.5 Å². The smallest absolute Gasteiger partial charge is 0.229 e. The molecular weight excluding hydrogens is 342 g/mol. The number of carbonyl (C=O) groups excluding carboxylic acids is 3. The van der Waals surface area contributed by atoms with Crippen molar-refractivity contribution in [1.82, 2.24) is 4.90 Å². The first-order valence-electron chi connectivity index (χ1n) is 8.92. The molecule has 3 rings (SSSR count). The lowest BCUT2D eigenvalue weighted by atomic mass is 10.1. The van der Waals surface area contributed by atoms with Crippen LogP contribution in [-0.2, 0) is 20.9 Å². The van der Waals surface area contributed by atoms with Crippen LogP contribution in [0.3, 0.4) is 0 Å². The lowest BCUT2D eigenvalue weighted by Crippen LogP contribution is -2.28. The summed E-state index contributed by atoms with van der Waals surface area (Å²) in [6.45, 7) is 4.37. The molecule has 6 heteroatoms. The second-order valence-corrected chi connectivity index (χ2v) is 6.92. The predicted molar refractivity (Wildman–Crippen MR) is 104 cm³/mol. The van der Waals surface area contributed by atoms with Gasteiger partial charge in [0.2, 0.25) is 17.7 Å². The van der Waals surface area contributed by atoms with Gasteiger partial charge in [-0.25, -0.2) is 0 Å². The molecule has 0 bridgehead atoms. The van der Waals surface area contributed by atoms with E-state index in [-0.39, 0.29) is 30.1 Å². The third-order valence-corrected chi connectivity index (χ3v) is 4.49. The van der Waals surface area contributed by atoms with Crippen molar-refractivity contribution >= 4 is 29.1 Å². The number of anilines is 2. The van der Waals surface area contributed by atoms with Crippen molar-refractivity contribution < 1.29 is 14.4 Å². The minimum atomic E-state index is -0.383. The summed E-state index contributed by atoms with van der Waals surface area (Å²) in [5.41, 5.74) is 3.42. The monoisotopic (exact) mass is 365 g/mol. The molecule has 1 aliphatic rings. The van der Waals surface area contributed by atoms with Crippen LogP contribution in [-0.4, -0.2) is 29.2 Å². The van der Waals surface area contributed by atoms with Gasteiger partial charge in [-0.05, 0) is 30.7 Å². The highest BCUT2D eigenvalue weighted by molar-refractivity contribution is 5.98. The van der Waals surface area contributed by atoms with Crippen molar-refractivity contribution in [2.24, 2.45) is 5.92 Å². The Balaban J connectivity index is 1.61. The molecule has 1 heterocycles. The number of nitrogens with zero attached hydrogens (tertiary/aromatic N) is 1. The predicted octanol–water partition coefficient (Wildman–Crippen LogP) is 2.94. The summed E-state index contributed by atoms with van der Waals surface area (Å²) in [5, 5.41) is 5.52. The highest BCUT2D eigenvalue weighted by Crippen LogP contribution is 2.23. The molecule has 6 nitrogen and oxygen atoms in total. The Morgan fingerprint density at radius 1 is 1.07 bits per heavy atom. The van der Waals surface area contributed by atoms with Crippen LogP contribution in [0.5, 0.6) is 0 Å². The average molecular weight is 365 g/mol. The molecule has 0 aromatic heterocycles. The van der Waals surface area contributed by atoms with E-state index in [0.29, 0.717) is 24.5 Å². The summed E-state index contributed by atoms with van der Waals surface area (Å²) in [6.07, 6.45) is 0.211. The van der Waals surface area contributed by atoms with E-state index in [4.69, 9.17) is 0 Å². The summed E-state index contributed by atoms with van der Waals surface area (Å²) in [5.74, 6) is -0.753. The summed E-state index contributed by atoms with van der Waals surface area (Å²) >= 11 is 0. The molecule has 2 N–H and O–H groups in total. The summed E-state index contributed by atoms with van der Waals surface area (Å²) < 4.78 is 0. The van der Waals surface area contributed by atoms with Crippen LogP contribution in [0.15, 0.2) is 48.5 Å². The van der Waals surface area contributed by atoms with Gasteiger partial charge in [-0.1, -0.05) is 35.9 Å². The van der Waals surface area contributed by atoms with E-state index in [9.17, 15) is 14.4 Å². The number of hydrogen-bond donors (Lipinski definition) is 2. The molecule has 1 atom stereocenters. The molecule has 0 aliphatic carbocycles. The highest BCUT2D eigenvalue weighted by atomic mass is 16.2. The fourth-order valence-corrected chi connectivity index (χ4v) is 3.25. The van der Waals surface area contributed by atoms with E-state index in [0.717, 1.165) is 11.1 Å². The topological polar surface area (TPSA) is 78.5 Å². The van der Waals surface area contributed by atoms with Gasteiger partial charge in [0.25, 0.3) is 0 Å². The van der Waals surface area contributed by atoms with Gasteiger partial charge >= 0.3 is 0 Å². The number of carbonyl (C=O) groups is 3. The summed E-state index contributed by atoms with van der Waals surface area (Å²) in [4.78, 5) is 37.8. The van der Waals surface area contributed by atoms with Crippen LogP contribution >= 0.6 is 0 Å². The Hall–Kier alpha value is -3.15. The molecule has 1 unspecified atom stereocenters. The molecule has 27 heavy (non-hydrogen) atoms. The molecule has 1 saturated heterocycles. The fraction of sp³-hybridized carbons (Fsp3) is 0.286. The van der Waals surface area contributed by atoms with E-state index in [1.54, 1.807) is 29.2 Å². The normalized spacial score (nSPS) is 16.3.